The molecule has 0 atom stereocenters. The smallest absolute Gasteiger partial charge is 0.416 e. The highest BCUT2D eigenvalue weighted by molar-refractivity contribution is 9.10. The molecule has 0 radical (unpaired) electrons. The van der Waals surface area contributed by atoms with Crippen LogP contribution in [0.3, 0.4) is 0 Å². The standard InChI is InChI=1S/C16H11BrF3NO3/c1-24-15(23)10-6-12(17)8-13(7-10)21-14(22)9-2-4-11(5-3-9)16(18,19)20/h2-8H,1H3,(H,21,22). The second-order valence-electron chi connectivity index (χ2n) is 4.75. The fourth-order valence-electron chi connectivity index (χ4n) is 1.91. The van der Waals surface area contributed by atoms with Crippen molar-refractivity contribution in [1.29, 1.82) is 0 Å². The Morgan fingerprint density at radius 3 is 2.21 bits per heavy atom. The molecule has 0 aliphatic rings. The third-order valence-corrected chi connectivity index (χ3v) is 3.51. The van der Waals surface area contributed by atoms with Gasteiger partial charge in [-0.3, -0.25) is 4.79 Å². The molecule has 1 N–H and O–H groups in total. The lowest BCUT2D eigenvalue weighted by Crippen LogP contribution is -2.13. The van der Waals surface area contributed by atoms with E-state index in [2.05, 4.69) is 26.0 Å². The highest BCUT2D eigenvalue weighted by Crippen LogP contribution is 2.29. The zero-order chi connectivity index (χ0) is 17.9. The first-order valence-electron chi connectivity index (χ1n) is 6.58. The summed E-state index contributed by atoms with van der Waals surface area (Å²) in [5.74, 6) is -1.18. The molecule has 2 rings (SSSR count). The number of ether oxygens (including phenoxy) is 1. The largest absolute Gasteiger partial charge is 0.465 e. The van der Waals surface area contributed by atoms with E-state index in [4.69, 9.17) is 0 Å². The number of benzene rings is 2. The van der Waals surface area contributed by atoms with Crippen LogP contribution < -0.4 is 5.32 Å². The maximum absolute atomic E-state index is 12.5. The van der Waals surface area contributed by atoms with Crippen LogP contribution in [0.5, 0.6) is 0 Å². The van der Waals surface area contributed by atoms with E-state index in [1.165, 1.54) is 19.2 Å². The Morgan fingerprint density at radius 1 is 1.04 bits per heavy atom. The summed E-state index contributed by atoms with van der Waals surface area (Å²) in [5.41, 5.74) is -0.263. The number of amides is 1. The van der Waals surface area contributed by atoms with Crippen LogP contribution in [-0.2, 0) is 10.9 Å². The zero-order valence-corrected chi connectivity index (χ0v) is 13.9. The van der Waals surface area contributed by atoms with Gasteiger partial charge in [0.05, 0.1) is 18.2 Å². The van der Waals surface area contributed by atoms with Crippen molar-refractivity contribution in [3.05, 3.63) is 63.6 Å². The summed E-state index contributed by atoms with van der Waals surface area (Å²) in [6.45, 7) is 0. The Morgan fingerprint density at radius 2 is 1.67 bits per heavy atom. The predicted octanol–water partition coefficient (Wildman–Crippen LogP) is 4.51. The average Bonchev–Trinajstić information content (AvgIpc) is 2.52. The molecule has 0 saturated carbocycles. The van der Waals surface area contributed by atoms with Crippen molar-refractivity contribution in [3.63, 3.8) is 0 Å². The normalized spacial score (nSPS) is 11.0. The summed E-state index contributed by atoms with van der Waals surface area (Å²) >= 11 is 3.20. The van der Waals surface area contributed by atoms with Crippen LogP contribution in [0.4, 0.5) is 18.9 Å². The van der Waals surface area contributed by atoms with Crippen molar-refractivity contribution in [1.82, 2.24) is 0 Å². The fourth-order valence-corrected chi connectivity index (χ4v) is 2.40. The Labute approximate surface area is 143 Å². The number of alkyl halides is 3. The van der Waals surface area contributed by atoms with E-state index in [-0.39, 0.29) is 11.1 Å². The number of rotatable bonds is 3. The number of carbonyl (C=O) groups excluding carboxylic acids is 2. The van der Waals surface area contributed by atoms with Gasteiger partial charge < -0.3 is 10.1 Å². The van der Waals surface area contributed by atoms with E-state index in [9.17, 15) is 22.8 Å². The highest BCUT2D eigenvalue weighted by atomic mass is 79.9. The molecule has 0 heterocycles. The fraction of sp³-hybridized carbons (Fsp3) is 0.125. The Kier molecular flexibility index (Phi) is 5.28. The molecule has 126 valence electrons. The van der Waals surface area contributed by atoms with E-state index in [1.54, 1.807) is 6.07 Å². The van der Waals surface area contributed by atoms with Crippen molar-refractivity contribution in [2.75, 3.05) is 12.4 Å². The van der Waals surface area contributed by atoms with Crippen molar-refractivity contribution in [3.8, 4) is 0 Å². The molecular weight excluding hydrogens is 391 g/mol. The number of methoxy groups -OCH3 is 1. The SMILES string of the molecule is COC(=O)c1cc(Br)cc(NC(=O)c2ccc(C(F)(F)F)cc2)c1. The molecular formula is C16H11BrF3NO3. The van der Waals surface area contributed by atoms with Crippen LogP contribution in [0.15, 0.2) is 46.9 Å². The van der Waals surface area contributed by atoms with E-state index in [0.717, 1.165) is 24.3 Å². The molecule has 2 aromatic rings. The minimum Gasteiger partial charge on any atom is -0.465 e. The van der Waals surface area contributed by atoms with Crippen molar-refractivity contribution >= 4 is 33.5 Å². The van der Waals surface area contributed by atoms with E-state index >= 15 is 0 Å². The lowest BCUT2D eigenvalue weighted by molar-refractivity contribution is -0.137. The molecule has 0 aliphatic carbocycles. The average molecular weight is 402 g/mol. The molecule has 8 heteroatoms. The quantitative estimate of drug-likeness (QED) is 0.769. The van der Waals surface area contributed by atoms with Gasteiger partial charge >= 0.3 is 12.1 Å². The Hall–Kier alpha value is -2.35. The van der Waals surface area contributed by atoms with Gasteiger partial charge in [-0.1, -0.05) is 15.9 Å². The van der Waals surface area contributed by atoms with Crippen LogP contribution in [-0.4, -0.2) is 19.0 Å². The van der Waals surface area contributed by atoms with Gasteiger partial charge in [0.25, 0.3) is 5.91 Å². The lowest BCUT2D eigenvalue weighted by atomic mass is 10.1. The molecule has 0 aliphatic heterocycles. The summed E-state index contributed by atoms with van der Waals surface area (Å²) in [6.07, 6.45) is -4.46. The van der Waals surface area contributed by atoms with E-state index in [0.29, 0.717) is 10.2 Å². The second-order valence-corrected chi connectivity index (χ2v) is 5.67. The minimum atomic E-state index is -4.46. The monoisotopic (exact) mass is 401 g/mol. The summed E-state index contributed by atoms with van der Waals surface area (Å²) in [4.78, 5) is 23.7. The van der Waals surface area contributed by atoms with Gasteiger partial charge in [-0.15, -0.1) is 0 Å². The number of anilines is 1. The van der Waals surface area contributed by atoms with Gasteiger partial charge in [-0.05, 0) is 42.5 Å². The third kappa shape index (κ3) is 4.35. The van der Waals surface area contributed by atoms with Gasteiger partial charge in [-0.25, -0.2) is 4.79 Å². The third-order valence-electron chi connectivity index (χ3n) is 3.05. The molecule has 0 aromatic heterocycles. The van der Waals surface area contributed by atoms with Crippen LogP contribution in [0, 0.1) is 0 Å². The first-order chi connectivity index (χ1) is 11.2. The number of esters is 1. The number of nitrogens with one attached hydrogen (secondary N) is 1. The van der Waals surface area contributed by atoms with Crippen LogP contribution in [0.25, 0.3) is 0 Å². The molecule has 0 bridgehead atoms. The van der Waals surface area contributed by atoms with Crippen LogP contribution >= 0.6 is 15.9 Å². The van der Waals surface area contributed by atoms with Crippen molar-refractivity contribution in [2.24, 2.45) is 0 Å². The first kappa shape index (κ1) is 18.0. The summed E-state index contributed by atoms with van der Waals surface area (Å²) in [7, 11) is 1.23. The van der Waals surface area contributed by atoms with E-state index in [1.807, 2.05) is 0 Å². The van der Waals surface area contributed by atoms with Crippen LogP contribution in [0.1, 0.15) is 26.3 Å². The van der Waals surface area contributed by atoms with Gasteiger partial charge in [-0.2, -0.15) is 13.2 Å². The van der Waals surface area contributed by atoms with Crippen molar-refractivity contribution in [2.45, 2.75) is 6.18 Å². The van der Waals surface area contributed by atoms with Gasteiger partial charge in [0.1, 0.15) is 0 Å². The van der Waals surface area contributed by atoms with Gasteiger partial charge in [0, 0.05) is 15.7 Å². The summed E-state index contributed by atoms with van der Waals surface area (Å²) < 4.78 is 42.7. The topological polar surface area (TPSA) is 55.4 Å². The first-order valence-corrected chi connectivity index (χ1v) is 7.37. The molecule has 2 aromatic carbocycles. The van der Waals surface area contributed by atoms with Crippen LogP contribution in [0.2, 0.25) is 0 Å². The summed E-state index contributed by atoms with van der Waals surface area (Å²) in [5, 5.41) is 2.52. The molecule has 0 fully saturated rings. The molecule has 0 unspecified atom stereocenters. The number of carbonyl (C=O) groups is 2. The zero-order valence-electron chi connectivity index (χ0n) is 12.3. The molecule has 24 heavy (non-hydrogen) atoms. The number of halogens is 4. The number of hydrogen-bond acceptors (Lipinski definition) is 3. The number of hydrogen-bond donors (Lipinski definition) is 1. The van der Waals surface area contributed by atoms with Gasteiger partial charge in [0.15, 0.2) is 0 Å². The highest BCUT2D eigenvalue weighted by Gasteiger charge is 2.30. The molecule has 0 spiro atoms. The maximum Gasteiger partial charge on any atom is 0.416 e. The lowest BCUT2D eigenvalue weighted by Gasteiger charge is -2.09. The van der Waals surface area contributed by atoms with Crippen molar-refractivity contribution < 1.29 is 27.5 Å². The Bertz CT molecular complexity index is 773. The van der Waals surface area contributed by atoms with Gasteiger partial charge in [0.2, 0.25) is 0 Å². The molecule has 4 nitrogen and oxygen atoms in total. The minimum absolute atomic E-state index is 0.0580. The van der Waals surface area contributed by atoms with E-state index < -0.39 is 23.6 Å². The summed E-state index contributed by atoms with van der Waals surface area (Å²) in [6, 6.07) is 8.28. The second kappa shape index (κ2) is 7.04. The predicted molar refractivity (Wildman–Crippen MR) is 84.9 cm³/mol. The Balaban J connectivity index is 2.20. The molecule has 1 amide bonds. The maximum atomic E-state index is 12.5. The molecule has 0 saturated heterocycles.